The quantitative estimate of drug-likeness (QED) is 0.781. The molecule has 0 heterocycles. The summed E-state index contributed by atoms with van der Waals surface area (Å²) in [5.41, 5.74) is 6.74. The van der Waals surface area contributed by atoms with E-state index in [0.29, 0.717) is 0 Å². The molecule has 1 rings (SSSR count). The van der Waals surface area contributed by atoms with Crippen LogP contribution in [0.3, 0.4) is 0 Å². The molecular weight excluding hydrogens is 202 g/mol. The smallest absolute Gasteiger partial charge is 0.0406 e. The van der Waals surface area contributed by atoms with Gasteiger partial charge in [0.2, 0.25) is 0 Å². The van der Waals surface area contributed by atoms with E-state index in [-0.39, 0.29) is 6.04 Å². The van der Waals surface area contributed by atoms with E-state index in [9.17, 15) is 0 Å². The molecule has 74 valence electrons. The van der Waals surface area contributed by atoms with Crippen molar-refractivity contribution in [3.63, 3.8) is 0 Å². The Morgan fingerprint density at radius 3 is 1.92 bits per heavy atom. The maximum Gasteiger partial charge on any atom is 0.0406 e. The first-order valence-electron chi connectivity index (χ1n) is 4.03. The van der Waals surface area contributed by atoms with Crippen LogP contribution in [0.25, 0.3) is 0 Å². The molecule has 0 amide bonds. The molecule has 3 heteroatoms. The van der Waals surface area contributed by atoms with Gasteiger partial charge >= 0.3 is 0 Å². The molecule has 0 saturated carbocycles. The van der Waals surface area contributed by atoms with Gasteiger partial charge in [-0.3, -0.25) is 0 Å². The van der Waals surface area contributed by atoms with Crippen molar-refractivity contribution in [3.8, 4) is 0 Å². The van der Waals surface area contributed by atoms with Crippen molar-refractivity contribution in [1.82, 2.24) is 0 Å². The van der Waals surface area contributed by atoms with Crippen LogP contribution in [0.1, 0.15) is 18.5 Å². The molecule has 0 aliphatic rings. The monoisotopic (exact) mass is 217 g/mol. The summed E-state index contributed by atoms with van der Waals surface area (Å²) < 4.78 is 0. The van der Waals surface area contributed by atoms with Crippen molar-refractivity contribution < 1.29 is 0 Å². The summed E-state index contributed by atoms with van der Waals surface area (Å²) in [4.78, 5) is 0. The fourth-order valence-corrected chi connectivity index (χ4v) is 0.892. The summed E-state index contributed by atoms with van der Waals surface area (Å²) >= 11 is 7.43. The third-order valence-corrected chi connectivity index (χ3v) is 1.65. The Hall–Kier alpha value is -0.180. The lowest BCUT2D eigenvalue weighted by Gasteiger charge is -2.03. The molecule has 0 aliphatic carbocycles. The molecule has 1 aromatic rings. The zero-order valence-electron chi connectivity index (χ0n) is 8.25. The third kappa shape index (κ3) is 5.97. The van der Waals surface area contributed by atoms with E-state index >= 15 is 0 Å². The standard InChI is InChI=1S/C8H10ClN.C2H6S/c1-6(10)7-2-4-8(9)5-3-7;1-3-2/h2-6H,10H2,1H3;1-2H3. The maximum atomic E-state index is 5.68. The van der Waals surface area contributed by atoms with Gasteiger partial charge in [-0.1, -0.05) is 23.7 Å². The number of nitrogens with two attached hydrogens (primary N) is 1. The molecule has 0 fully saturated rings. The van der Waals surface area contributed by atoms with E-state index < -0.39 is 0 Å². The van der Waals surface area contributed by atoms with Crippen LogP contribution < -0.4 is 5.73 Å². The molecule has 2 N–H and O–H groups in total. The lowest BCUT2D eigenvalue weighted by Crippen LogP contribution is -2.03. The maximum absolute atomic E-state index is 5.68. The van der Waals surface area contributed by atoms with E-state index in [0.717, 1.165) is 10.6 Å². The lowest BCUT2D eigenvalue weighted by atomic mass is 10.1. The van der Waals surface area contributed by atoms with Crippen LogP contribution in [-0.2, 0) is 0 Å². The highest BCUT2D eigenvalue weighted by Gasteiger charge is 1.96. The molecule has 0 saturated heterocycles. The normalized spacial score (nSPS) is 11.5. The summed E-state index contributed by atoms with van der Waals surface area (Å²) in [6.07, 6.45) is 4.08. The number of rotatable bonds is 1. The molecular formula is C10H16ClNS. The lowest BCUT2D eigenvalue weighted by molar-refractivity contribution is 0.818. The Kier molecular flexibility index (Phi) is 7.14. The molecule has 0 bridgehead atoms. The number of halogens is 1. The van der Waals surface area contributed by atoms with Crippen molar-refractivity contribution in [2.45, 2.75) is 13.0 Å². The Balaban J connectivity index is 0.000000424. The zero-order valence-corrected chi connectivity index (χ0v) is 9.82. The minimum Gasteiger partial charge on any atom is -0.324 e. The van der Waals surface area contributed by atoms with Gasteiger partial charge in [0.05, 0.1) is 0 Å². The fourth-order valence-electron chi connectivity index (χ4n) is 0.766. The van der Waals surface area contributed by atoms with Crippen LogP contribution in [0.15, 0.2) is 24.3 Å². The van der Waals surface area contributed by atoms with Crippen molar-refractivity contribution in [3.05, 3.63) is 34.9 Å². The van der Waals surface area contributed by atoms with Gasteiger partial charge in [-0.2, -0.15) is 11.8 Å². The van der Waals surface area contributed by atoms with Gasteiger partial charge in [-0.15, -0.1) is 0 Å². The van der Waals surface area contributed by atoms with Gasteiger partial charge in [0.25, 0.3) is 0 Å². The van der Waals surface area contributed by atoms with Crippen molar-refractivity contribution in [2.24, 2.45) is 5.73 Å². The molecule has 1 unspecified atom stereocenters. The van der Waals surface area contributed by atoms with Crippen LogP contribution in [0.4, 0.5) is 0 Å². The van der Waals surface area contributed by atoms with E-state index in [1.807, 2.05) is 43.7 Å². The third-order valence-electron chi connectivity index (χ3n) is 1.40. The van der Waals surface area contributed by atoms with E-state index in [2.05, 4.69) is 0 Å². The molecule has 1 nitrogen and oxygen atoms in total. The molecule has 13 heavy (non-hydrogen) atoms. The van der Waals surface area contributed by atoms with Gasteiger partial charge in [-0.05, 0) is 37.1 Å². The highest BCUT2D eigenvalue weighted by molar-refractivity contribution is 7.97. The summed E-state index contributed by atoms with van der Waals surface area (Å²) in [5.74, 6) is 0. The van der Waals surface area contributed by atoms with Crippen LogP contribution in [-0.4, -0.2) is 12.5 Å². The fraction of sp³-hybridized carbons (Fsp3) is 0.400. The largest absolute Gasteiger partial charge is 0.324 e. The van der Waals surface area contributed by atoms with Crippen LogP contribution in [0.5, 0.6) is 0 Å². The summed E-state index contributed by atoms with van der Waals surface area (Å²) in [6.45, 7) is 1.95. The highest BCUT2D eigenvalue weighted by atomic mass is 35.5. The second kappa shape index (κ2) is 7.25. The first-order chi connectivity index (χ1) is 6.11. The first-order valence-corrected chi connectivity index (χ1v) is 6.04. The van der Waals surface area contributed by atoms with Crippen molar-refractivity contribution >= 4 is 23.4 Å². The minimum absolute atomic E-state index is 0.0947. The van der Waals surface area contributed by atoms with Gasteiger partial charge in [0.15, 0.2) is 0 Å². The van der Waals surface area contributed by atoms with E-state index in [1.54, 1.807) is 11.8 Å². The number of thioether (sulfide) groups is 1. The molecule has 1 aromatic carbocycles. The van der Waals surface area contributed by atoms with Gasteiger partial charge in [0.1, 0.15) is 0 Å². The molecule has 0 aromatic heterocycles. The number of benzene rings is 1. The Labute approximate surface area is 89.7 Å². The number of hydrogen-bond acceptors (Lipinski definition) is 2. The second-order valence-corrected chi connectivity index (χ2v) is 4.00. The van der Waals surface area contributed by atoms with Crippen LogP contribution in [0, 0.1) is 0 Å². The summed E-state index contributed by atoms with van der Waals surface area (Å²) in [7, 11) is 0. The van der Waals surface area contributed by atoms with Crippen LogP contribution in [0.2, 0.25) is 5.02 Å². The predicted octanol–water partition coefficient (Wildman–Crippen LogP) is 3.34. The molecule has 0 aliphatic heterocycles. The zero-order chi connectivity index (χ0) is 10.3. The van der Waals surface area contributed by atoms with Gasteiger partial charge in [0, 0.05) is 11.1 Å². The van der Waals surface area contributed by atoms with Gasteiger partial charge in [-0.25, -0.2) is 0 Å². The van der Waals surface area contributed by atoms with E-state index in [4.69, 9.17) is 17.3 Å². The molecule has 1 atom stereocenters. The SMILES string of the molecule is CC(N)c1ccc(Cl)cc1.CSC. The molecule has 0 radical (unpaired) electrons. The van der Waals surface area contributed by atoms with E-state index in [1.165, 1.54) is 0 Å². The minimum atomic E-state index is 0.0947. The second-order valence-electron chi connectivity index (χ2n) is 2.75. The average Bonchev–Trinajstić information content (AvgIpc) is 2.06. The topological polar surface area (TPSA) is 26.0 Å². The Morgan fingerprint density at radius 1 is 1.23 bits per heavy atom. The number of hydrogen-bond donors (Lipinski definition) is 1. The van der Waals surface area contributed by atoms with Crippen molar-refractivity contribution in [2.75, 3.05) is 12.5 Å². The molecule has 0 spiro atoms. The highest BCUT2D eigenvalue weighted by Crippen LogP contribution is 2.13. The summed E-state index contributed by atoms with van der Waals surface area (Å²) in [6, 6.07) is 7.66. The van der Waals surface area contributed by atoms with Crippen molar-refractivity contribution in [1.29, 1.82) is 0 Å². The average molecular weight is 218 g/mol. The summed E-state index contributed by atoms with van der Waals surface area (Å²) in [5, 5.41) is 0.754. The van der Waals surface area contributed by atoms with Crippen LogP contribution >= 0.6 is 23.4 Å². The van der Waals surface area contributed by atoms with Gasteiger partial charge < -0.3 is 5.73 Å². The predicted molar refractivity (Wildman–Crippen MR) is 63.5 cm³/mol. The Bertz CT molecular complexity index is 221. The Morgan fingerprint density at radius 2 is 1.62 bits per heavy atom. The first kappa shape index (κ1) is 12.8.